The molecule has 128 valence electrons. The van der Waals surface area contributed by atoms with Gasteiger partial charge in [0.1, 0.15) is 5.65 Å². The van der Waals surface area contributed by atoms with Crippen LogP contribution in [0.1, 0.15) is 28.9 Å². The molecule has 0 spiro atoms. The number of benzene rings is 2. The number of hydrogen-bond donors (Lipinski definition) is 1. The van der Waals surface area contributed by atoms with Crippen molar-refractivity contribution in [3.05, 3.63) is 96.3 Å². The SMILES string of the molecule is CC(NC(=O)c1ccn2cc(-c3ccccc3)nc2c1)c1ccccc1. The van der Waals surface area contributed by atoms with Gasteiger partial charge in [-0.2, -0.15) is 0 Å². The zero-order chi connectivity index (χ0) is 17.9. The molecule has 4 heteroatoms. The summed E-state index contributed by atoms with van der Waals surface area (Å²) in [5.74, 6) is -0.104. The lowest BCUT2D eigenvalue weighted by atomic mass is 10.1. The van der Waals surface area contributed by atoms with Crippen molar-refractivity contribution in [2.75, 3.05) is 0 Å². The van der Waals surface area contributed by atoms with Gasteiger partial charge in [0, 0.05) is 23.5 Å². The van der Waals surface area contributed by atoms with Crippen LogP contribution in [0.2, 0.25) is 0 Å². The molecular formula is C22H19N3O. The van der Waals surface area contributed by atoms with E-state index in [0.29, 0.717) is 5.56 Å². The van der Waals surface area contributed by atoms with E-state index >= 15 is 0 Å². The second-order valence-electron chi connectivity index (χ2n) is 6.28. The Kier molecular flexibility index (Phi) is 4.23. The molecule has 26 heavy (non-hydrogen) atoms. The summed E-state index contributed by atoms with van der Waals surface area (Å²) in [6.45, 7) is 1.98. The molecule has 0 fully saturated rings. The predicted molar refractivity (Wildman–Crippen MR) is 103 cm³/mol. The number of hydrogen-bond acceptors (Lipinski definition) is 2. The van der Waals surface area contributed by atoms with Crippen molar-refractivity contribution in [1.82, 2.24) is 14.7 Å². The van der Waals surface area contributed by atoms with Crippen molar-refractivity contribution in [3.8, 4) is 11.3 Å². The number of amides is 1. The van der Waals surface area contributed by atoms with Crippen LogP contribution in [0.4, 0.5) is 0 Å². The van der Waals surface area contributed by atoms with Gasteiger partial charge in [-0.25, -0.2) is 4.98 Å². The topological polar surface area (TPSA) is 46.4 Å². The van der Waals surface area contributed by atoms with E-state index in [1.807, 2.05) is 96.5 Å². The smallest absolute Gasteiger partial charge is 0.251 e. The number of carbonyl (C=O) groups is 1. The first-order valence-electron chi connectivity index (χ1n) is 8.61. The Morgan fingerprint density at radius 3 is 2.42 bits per heavy atom. The molecule has 1 unspecified atom stereocenters. The number of fused-ring (bicyclic) bond motifs is 1. The van der Waals surface area contributed by atoms with Crippen LogP contribution < -0.4 is 5.32 Å². The van der Waals surface area contributed by atoms with Gasteiger partial charge in [-0.1, -0.05) is 60.7 Å². The molecule has 2 heterocycles. The van der Waals surface area contributed by atoms with E-state index in [2.05, 4.69) is 10.3 Å². The van der Waals surface area contributed by atoms with Gasteiger partial charge >= 0.3 is 0 Å². The van der Waals surface area contributed by atoms with Crippen molar-refractivity contribution in [2.24, 2.45) is 0 Å². The first-order chi connectivity index (χ1) is 12.7. The summed E-state index contributed by atoms with van der Waals surface area (Å²) in [7, 11) is 0. The molecule has 1 N–H and O–H groups in total. The highest BCUT2D eigenvalue weighted by molar-refractivity contribution is 5.95. The van der Waals surface area contributed by atoms with Crippen molar-refractivity contribution in [1.29, 1.82) is 0 Å². The fourth-order valence-electron chi connectivity index (χ4n) is 2.98. The van der Waals surface area contributed by atoms with Crippen LogP contribution >= 0.6 is 0 Å². The van der Waals surface area contributed by atoms with Crippen LogP contribution in [-0.4, -0.2) is 15.3 Å². The highest BCUT2D eigenvalue weighted by atomic mass is 16.1. The molecule has 0 saturated carbocycles. The summed E-state index contributed by atoms with van der Waals surface area (Å²) in [4.78, 5) is 17.2. The molecule has 1 amide bonds. The minimum Gasteiger partial charge on any atom is -0.346 e. The fourth-order valence-corrected chi connectivity index (χ4v) is 2.98. The zero-order valence-corrected chi connectivity index (χ0v) is 14.5. The fraction of sp³-hybridized carbons (Fsp3) is 0.0909. The number of rotatable bonds is 4. The Morgan fingerprint density at radius 2 is 1.69 bits per heavy atom. The minimum absolute atomic E-state index is 0.0560. The van der Waals surface area contributed by atoms with E-state index in [9.17, 15) is 4.79 Å². The molecule has 0 aliphatic carbocycles. The van der Waals surface area contributed by atoms with Gasteiger partial charge in [0.2, 0.25) is 0 Å². The van der Waals surface area contributed by atoms with E-state index in [4.69, 9.17) is 0 Å². The summed E-state index contributed by atoms with van der Waals surface area (Å²) in [6, 6.07) is 23.5. The Labute approximate surface area is 152 Å². The molecule has 4 aromatic rings. The van der Waals surface area contributed by atoms with Gasteiger partial charge in [-0.3, -0.25) is 4.79 Å². The number of nitrogens with one attached hydrogen (secondary N) is 1. The minimum atomic E-state index is -0.104. The average Bonchev–Trinajstić information content (AvgIpc) is 3.12. The highest BCUT2D eigenvalue weighted by Gasteiger charge is 2.13. The first-order valence-corrected chi connectivity index (χ1v) is 8.61. The van der Waals surface area contributed by atoms with Gasteiger partial charge in [-0.15, -0.1) is 0 Å². The van der Waals surface area contributed by atoms with Crippen molar-refractivity contribution >= 4 is 11.6 Å². The summed E-state index contributed by atoms with van der Waals surface area (Å²) in [6.07, 6.45) is 3.84. The second kappa shape index (κ2) is 6.84. The van der Waals surface area contributed by atoms with E-state index in [0.717, 1.165) is 22.5 Å². The molecule has 0 bridgehead atoms. The summed E-state index contributed by atoms with van der Waals surface area (Å²) < 4.78 is 1.93. The van der Waals surface area contributed by atoms with Gasteiger partial charge in [0.25, 0.3) is 5.91 Å². The van der Waals surface area contributed by atoms with Gasteiger partial charge in [0.15, 0.2) is 0 Å². The zero-order valence-electron chi connectivity index (χ0n) is 14.5. The Balaban J connectivity index is 1.58. The Morgan fingerprint density at radius 1 is 1.00 bits per heavy atom. The quantitative estimate of drug-likeness (QED) is 0.594. The Hall–Kier alpha value is -3.40. The molecule has 0 saturated heterocycles. The summed E-state index contributed by atoms with van der Waals surface area (Å²) in [5, 5.41) is 3.04. The standard InChI is InChI=1S/C22H19N3O/c1-16(17-8-4-2-5-9-17)23-22(26)19-12-13-25-15-20(24-21(25)14-19)18-10-6-3-7-11-18/h2-16H,1H3,(H,23,26). The second-order valence-corrected chi connectivity index (χ2v) is 6.28. The maximum Gasteiger partial charge on any atom is 0.251 e. The monoisotopic (exact) mass is 341 g/mol. The van der Waals surface area contributed by atoms with Crippen molar-refractivity contribution in [3.63, 3.8) is 0 Å². The van der Waals surface area contributed by atoms with Crippen LogP contribution in [0, 0.1) is 0 Å². The lowest BCUT2D eigenvalue weighted by Crippen LogP contribution is -2.26. The molecule has 2 aromatic heterocycles. The molecule has 0 aliphatic rings. The molecule has 1 atom stereocenters. The molecule has 0 aliphatic heterocycles. The van der Waals surface area contributed by atoms with Crippen LogP contribution in [0.15, 0.2) is 85.2 Å². The first kappa shape index (κ1) is 16.1. The number of pyridine rings is 1. The maximum absolute atomic E-state index is 12.6. The van der Waals surface area contributed by atoms with Gasteiger partial charge in [0.05, 0.1) is 11.7 Å². The van der Waals surface area contributed by atoms with Gasteiger partial charge < -0.3 is 9.72 Å². The Bertz CT molecular complexity index is 1040. The lowest BCUT2D eigenvalue weighted by Gasteiger charge is -2.14. The van der Waals surface area contributed by atoms with Crippen LogP contribution in [0.5, 0.6) is 0 Å². The van der Waals surface area contributed by atoms with E-state index in [-0.39, 0.29) is 11.9 Å². The molecule has 0 radical (unpaired) electrons. The number of nitrogens with zero attached hydrogens (tertiary/aromatic N) is 2. The predicted octanol–water partition coefficient (Wildman–Crippen LogP) is 4.49. The third-order valence-corrected chi connectivity index (χ3v) is 4.44. The molecule has 4 nitrogen and oxygen atoms in total. The van der Waals surface area contributed by atoms with E-state index in [1.165, 1.54) is 0 Å². The van der Waals surface area contributed by atoms with E-state index in [1.54, 1.807) is 0 Å². The summed E-state index contributed by atoms with van der Waals surface area (Å²) >= 11 is 0. The number of aromatic nitrogens is 2. The normalized spacial score (nSPS) is 12.0. The molecular weight excluding hydrogens is 322 g/mol. The molecule has 4 rings (SSSR count). The van der Waals surface area contributed by atoms with Crippen molar-refractivity contribution < 1.29 is 4.79 Å². The van der Waals surface area contributed by atoms with Crippen LogP contribution in [-0.2, 0) is 0 Å². The van der Waals surface area contributed by atoms with Crippen LogP contribution in [0.25, 0.3) is 16.9 Å². The van der Waals surface area contributed by atoms with Crippen molar-refractivity contribution in [2.45, 2.75) is 13.0 Å². The summed E-state index contributed by atoms with van der Waals surface area (Å²) in [5.41, 5.74) is 4.38. The average molecular weight is 341 g/mol. The maximum atomic E-state index is 12.6. The third-order valence-electron chi connectivity index (χ3n) is 4.44. The molecule has 2 aromatic carbocycles. The number of carbonyl (C=O) groups excluding carboxylic acids is 1. The third kappa shape index (κ3) is 3.22. The lowest BCUT2D eigenvalue weighted by molar-refractivity contribution is 0.0940. The highest BCUT2D eigenvalue weighted by Crippen LogP contribution is 2.19. The number of imidazole rings is 1. The van der Waals surface area contributed by atoms with Crippen LogP contribution in [0.3, 0.4) is 0 Å². The van der Waals surface area contributed by atoms with E-state index < -0.39 is 0 Å². The largest absolute Gasteiger partial charge is 0.346 e. The van der Waals surface area contributed by atoms with Gasteiger partial charge in [-0.05, 0) is 24.6 Å².